The van der Waals surface area contributed by atoms with Crippen LogP contribution in [0, 0.1) is 6.92 Å². The maximum Gasteiger partial charge on any atom is 0.338 e. The van der Waals surface area contributed by atoms with Crippen molar-refractivity contribution in [2.75, 3.05) is 11.9 Å². The first-order chi connectivity index (χ1) is 11.1. The molecule has 1 N–H and O–H groups in total. The zero-order valence-corrected chi connectivity index (χ0v) is 13.3. The Bertz CT molecular complexity index is 684. The molecule has 0 aliphatic carbocycles. The lowest BCUT2D eigenvalue weighted by molar-refractivity contribution is 0.0498. The van der Waals surface area contributed by atoms with E-state index in [1.165, 1.54) is 0 Å². The van der Waals surface area contributed by atoms with Crippen LogP contribution in [0.15, 0.2) is 42.6 Å². The predicted octanol–water partition coefficient (Wildman–Crippen LogP) is 3.60. The van der Waals surface area contributed by atoms with Gasteiger partial charge in [0.2, 0.25) is 0 Å². The lowest BCUT2D eigenvalue weighted by Gasteiger charge is -2.09. The highest BCUT2D eigenvalue weighted by Crippen LogP contribution is 2.14. The van der Waals surface area contributed by atoms with E-state index < -0.39 is 0 Å². The maximum atomic E-state index is 12.2. The van der Waals surface area contributed by atoms with E-state index in [9.17, 15) is 9.59 Å². The van der Waals surface area contributed by atoms with Crippen molar-refractivity contribution in [1.82, 2.24) is 4.98 Å². The average Bonchev–Trinajstić information content (AvgIpc) is 2.55. The smallest absolute Gasteiger partial charge is 0.338 e. The van der Waals surface area contributed by atoms with Gasteiger partial charge in [-0.15, -0.1) is 0 Å². The van der Waals surface area contributed by atoms with Crippen LogP contribution in [0.4, 0.5) is 5.82 Å². The molecule has 1 amide bonds. The van der Waals surface area contributed by atoms with Crippen LogP contribution in [0.25, 0.3) is 0 Å². The van der Waals surface area contributed by atoms with E-state index in [-0.39, 0.29) is 11.9 Å². The largest absolute Gasteiger partial charge is 0.462 e. The molecule has 1 aromatic carbocycles. The van der Waals surface area contributed by atoms with Gasteiger partial charge in [0.1, 0.15) is 5.82 Å². The van der Waals surface area contributed by atoms with Crippen LogP contribution in [-0.2, 0) is 4.74 Å². The summed E-state index contributed by atoms with van der Waals surface area (Å²) < 4.78 is 5.20. The fraction of sp³-hybridized carbons (Fsp3) is 0.278. The molecule has 0 fully saturated rings. The summed E-state index contributed by atoms with van der Waals surface area (Å²) in [6.45, 7) is 4.23. The van der Waals surface area contributed by atoms with Crippen molar-refractivity contribution < 1.29 is 14.3 Å². The molecule has 5 nitrogen and oxygen atoms in total. The standard InChI is InChI=1S/C18H20N2O3/c1-3-4-11-23-18(22)15-9-8-14(12-13(15)2)17(21)20-16-7-5-6-10-19-16/h5-10,12H,3-4,11H2,1-2H3,(H,19,20,21). The molecule has 0 saturated carbocycles. The summed E-state index contributed by atoms with van der Waals surface area (Å²) in [7, 11) is 0. The topological polar surface area (TPSA) is 68.3 Å². The second-order valence-corrected chi connectivity index (χ2v) is 5.19. The monoisotopic (exact) mass is 312 g/mol. The Morgan fingerprint density at radius 2 is 2.04 bits per heavy atom. The SMILES string of the molecule is CCCCOC(=O)c1ccc(C(=O)Nc2ccccn2)cc1C. The molecule has 2 rings (SSSR count). The van der Waals surface area contributed by atoms with E-state index in [0.29, 0.717) is 29.1 Å². The minimum Gasteiger partial charge on any atom is -0.462 e. The van der Waals surface area contributed by atoms with E-state index in [2.05, 4.69) is 10.3 Å². The number of ether oxygens (including phenoxy) is 1. The summed E-state index contributed by atoms with van der Waals surface area (Å²) in [6, 6.07) is 10.2. The van der Waals surface area contributed by atoms with Gasteiger partial charge in [-0.3, -0.25) is 4.79 Å². The lowest BCUT2D eigenvalue weighted by Crippen LogP contribution is -2.14. The number of nitrogens with one attached hydrogen (secondary N) is 1. The highest BCUT2D eigenvalue weighted by Gasteiger charge is 2.13. The van der Waals surface area contributed by atoms with Crippen LogP contribution in [0.2, 0.25) is 0 Å². The fourth-order valence-corrected chi connectivity index (χ4v) is 2.05. The molecule has 5 heteroatoms. The number of aromatic nitrogens is 1. The number of anilines is 1. The van der Waals surface area contributed by atoms with Crippen LogP contribution in [-0.4, -0.2) is 23.5 Å². The molecule has 0 aliphatic heterocycles. The number of benzene rings is 1. The molecule has 0 radical (unpaired) electrons. The first-order valence-corrected chi connectivity index (χ1v) is 7.62. The number of carbonyl (C=O) groups excluding carboxylic acids is 2. The molecule has 1 heterocycles. The summed E-state index contributed by atoms with van der Waals surface area (Å²) >= 11 is 0. The Kier molecular flexibility index (Phi) is 5.86. The van der Waals surface area contributed by atoms with Gasteiger partial charge in [-0.1, -0.05) is 19.4 Å². The molecular weight excluding hydrogens is 292 g/mol. The second-order valence-electron chi connectivity index (χ2n) is 5.19. The Morgan fingerprint density at radius 3 is 2.70 bits per heavy atom. The van der Waals surface area contributed by atoms with Gasteiger partial charge >= 0.3 is 5.97 Å². The van der Waals surface area contributed by atoms with Crippen molar-refractivity contribution in [3.63, 3.8) is 0 Å². The van der Waals surface area contributed by atoms with Gasteiger partial charge in [-0.05, 0) is 49.2 Å². The van der Waals surface area contributed by atoms with E-state index in [4.69, 9.17) is 4.74 Å². The summed E-state index contributed by atoms with van der Waals surface area (Å²) in [4.78, 5) is 28.2. The van der Waals surface area contributed by atoms with Crippen molar-refractivity contribution in [3.05, 3.63) is 59.3 Å². The van der Waals surface area contributed by atoms with Gasteiger partial charge in [0.25, 0.3) is 5.91 Å². The van der Waals surface area contributed by atoms with Gasteiger partial charge in [0.15, 0.2) is 0 Å². The number of hydrogen-bond donors (Lipinski definition) is 1. The average molecular weight is 312 g/mol. The van der Waals surface area contributed by atoms with Crippen LogP contribution in [0.1, 0.15) is 46.0 Å². The zero-order valence-electron chi connectivity index (χ0n) is 13.3. The highest BCUT2D eigenvalue weighted by atomic mass is 16.5. The minimum atomic E-state index is -0.354. The van der Waals surface area contributed by atoms with Crippen LogP contribution in [0.3, 0.4) is 0 Å². The first-order valence-electron chi connectivity index (χ1n) is 7.62. The van der Waals surface area contributed by atoms with Crippen molar-refractivity contribution in [3.8, 4) is 0 Å². The number of aryl methyl sites for hydroxylation is 1. The number of amides is 1. The Hall–Kier alpha value is -2.69. The molecule has 0 spiro atoms. The third-order valence-corrected chi connectivity index (χ3v) is 3.35. The van der Waals surface area contributed by atoms with Crippen molar-refractivity contribution in [1.29, 1.82) is 0 Å². The number of pyridine rings is 1. The van der Waals surface area contributed by atoms with E-state index >= 15 is 0 Å². The number of carbonyl (C=O) groups is 2. The van der Waals surface area contributed by atoms with Crippen LogP contribution in [0.5, 0.6) is 0 Å². The molecule has 120 valence electrons. The zero-order chi connectivity index (χ0) is 16.7. The number of unbranched alkanes of at least 4 members (excludes halogenated alkanes) is 1. The molecule has 0 unspecified atom stereocenters. The van der Waals surface area contributed by atoms with E-state index in [0.717, 1.165) is 12.8 Å². The molecule has 1 aromatic heterocycles. The quantitative estimate of drug-likeness (QED) is 0.653. The molecular formula is C18H20N2O3. The Labute approximate surface area is 135 Å². The second kappa shape index (κ2) is 8.08. The lowest BCUT2D eigenvalue weighted by atomic mass is 10.0. The normalized spacial score (nSPS) is 10.2. The van der Waals surface area contributed by atoms with Crippen molar-refractivity contribution >= 4 is 17.7 Å². The molecule has 23 heavy (non-hydrogen) atoms. The summed E-state index contributed by atoms with van der Waals surface area (Å²) in [5, 5.41) is 2.71. The Balaban J connectivity index is 2.06. The Morgan fingerprint density at radius 1 is 1.22 bits per heavy atom. The number of nitrogens with zero attached hydrogens (tertiary/aromatic N) is 1. The third-order valence-electron chi connectivity index (χ3n) is 3.35. The highest BCUT2D eigenvalue weighted by molar-refractivity contribution is 6.04. The number of rotatable bonds is 6. The molecule has 0 aliphatic rings. The minimum absolute atomic E-state index is 0.266. The summed E-state index contributed by atoms with van der Waals surface area (Å²) in [6.07, 6.45) is 3.42. The molecule has 0 bridgehead atoms. The van der Waals surface area contributed by atoms with Gasteiger partial charge in [-0.25, -0.2) is 9.78 Å². The number of esters is 1. The summed E-state index contributed by atoms with van der Waals surface area (Å²) in [5.41, 5.74) is 1.66. The number of hydrogen-bond acceptors (Lipinski definition) is 4. The van der Waals surface area contributed by atoms with Gasteiger partial charge < -0.3 is 10.1 Å². The fourth-order valence-electron chi connectivity index (χ4n) is 2.05. The van der Waals surface area contributed by atoms with Gasteiger partial charge in [0, 0.05) is 11.8 Å². The molecule has 0 saturated heterocycles. The van der Waals surface area contributed by atoms with Crippen molar-refractivity contribution in [2.24, 2.45) is 0 Å². The van der Waals surface area contributed by atoms with Crippen molar-refractivity contribution in [2.45, 2.75) is 26.7 Å². The maximum absolute atomic E-state index is 12.2. The van der Waals surface area contributed by atoms with Gasteiger partial charge in [0.05, 0.1) is 12.2 Å². The van der Waals surface area contributed by atoms with E-state index in [1.54, 1.807) is 49.5 Å². The molecule has 2 aromatic rings. The predicted molar refractivity (Wildman–Crippen MR) is 88.6 cm³/mol. The van der Waals surface area contributed by atoms with E-state index in [1.807, 2.05) is 6.92 Å². The van der Waals surface area contributed by atoms with Crippen LogP contribution >= 0.6 is 0 Å². The third kappa shape index (κ3) is 4.64. The van der Waals surface area contributed by atoms with Crippen LogP contribution < -0.4 is 5.32 Å². The molecule has 0 atom stereocenters. The summed E-state index contributed by atoms with van der Waals surface area (Å²) in [5.74, 6) is -0.136. The van der Waals surface area contributed by atoms with Gasteiger partial charge in [-0.2, -0.15) is 0 Å². The first kappa shape index (κ1) is 16.7.